The topological polar surface area (TPSA) is 33.1 Å². The first-order valence-corrected chi connectivity index (χ1v) is 8.94. The van der Waals surface area contributed by atoms with E-state index < -0.39 is 5.60 Å². The lowest BCUT2D eigenvalue weighted by Gasteiger charge is -2.26. The van der Waals surface area contributed by atoms with Gasteiger partial charge in [-0.15, -0.1) is 11.3 Å². The van der Waals surface area contributed by atoms with E-state index in [-0.39, 0.29) is 0 Å². The molecule has 1 N–H and O–H groups in total. The Hall–Kier alpha value is -0.930. The summed E-state index contributed by atoms with van der Waals surface area (Å²) in [4.78, 5) is 4.70. The second-order valence-electron chi connectivity index (χ2n) is 6.91. The van der Waals surface area contributed by atoms with E-state index in [1.807, 2.05) is 6.07 Å². The van der Waals surface area contributed by atoms with Gasteiger partial charge in [0.05, 0.1) is 20.8 Å². The third-order valence-corrected chi connectivity index (χ3v) is 6.00. The summed E-state index contributed by atoms with van der Waals surface area (Å²) in [7, 11) is 0. The van der Waals surface area contributed by atoms with Gasteiger partial charge in [0.15, 0.2) is 0 Å². The molecule has 3 rings (SSSR count). The fourth-order valence-electron chi connectivity index (χ4n) is 3.54. The van der Waals surface area contributed by atoms with E-state index in [2.05, 4.69) is 32.0 Å². The Bertz CT molecular complexity index is 573. The number of aliphatic hydroxyl groups is 1. The van der Waals surface area contributed by atoms with Crippen molar-refractivity contribution in [3.63, 3.8) is 0 Å². The predicted molar refractivity (Wildman–Crippen MR) is 89.7 cm³/mol. The minimum absolute atomic E-state index is 0.544. The van der Waals surface area contributed by atoms with Gasteiger partial charge >= 0.3 is 0 Å². The summed E-state index contributed by atoms with van der Waals surface area (Å²) in [6.45, 7) is 4.62. The van der Waals surface area contributed by atoms with Gasteiger partial charge in [-0.05, 0) is 43.2 Å². The molecule has 2 unspecified atom stereocenters. The minimum atomic E-state index is -0.544. The number of aromatic nitrogens is 1. The number of thiazole rings is 1. The van der Waals surface area contributed by atoms with Crippen LogP contribution in [0.3, 0.4) is 0 Å². The van der Waals surface area contributed by atoms with Gasteiger partial charge in [0.1, 0.15) is 0 Å². The molecule has 2 atom stereocenters. The number of para-hydroxylation sites is 1. The minimum Gasteiger partial charge on any atom is -0.389 e. The van der Waals surface area contributed by atoms with E-state index in [1.54, 1.807) is 11.3 Å². The molecule has 114 valence electrons. The van der Waals surface area contributed by atoms with Crippen LogP contribution in [-0.4, -0.2) is 15.7 Å². The van der Waals surface area contributed by atoms with Crippen molar-refractivity contribution in [3.05, 3.63) is 29.3 Å². The monoisotopic (exact) mass is 303 g/mol. The summed E-state index contributed by atoms with van der Waals surface area (Å²) in [6, 6.07) is 8.25. The van der Waals surface area contributed by atoms with Gasteiger partial charge in [0.2, 0.25) is 0 Å². The van der Waals surface area contributed by atoms with Crippen molar-refractivity contribution in [1.29, 1.82) is 0 Å². The molecular formula is C18H25NOS. The molecule has 3 heteroatoms. The van der Waals surface area contributed by atoms with Crippen LogP contribution >= 0.6 is 11.3 Å². The summed E-state index contributed by atoms with van der Waals surface area (Å²) in [5, 5.41) is 12.1. The van der Waals surface area contributed by atoms with Crippen molar-refractivity contribution >= 4 is 21.6 Å². The Morgan fingerprint density at radius 1 is 1.29 bits per heavy atom. The normalized spacial score (nSPS) is 27.1. The van der Waals surface area contributed by atoms with Crippen LogP contribution in [-0.2, 0) is 6.42 Å². The van der Waals surface area contributed by atoms with Crippen LogP contribution < -0.4 is 0 Å². The lowest BCUT2D eigenvalue weighted by Crippen LogP contribution is -2.30. The maximum Gasteiger partial charge on any atom is 0.0967 e. The van der Waals surface area contributed by atoms with Crippen molar-refractivity contribution in [1.82, 2.24) is 4.98 Å². The Morgan fingerprint density at radius 2 is 2.10 bits per heavy atom. The van der Waals surface area contributed by atoms with Crippen molar-refractivity contribution in [2.75, 3.05) is 0 Å². The lowest BCUT2D eigenvalue weighted by molar-refractivity contribution is 0.0237. The Morgan fingerprint density at radius 3 is 2.86 bits per heavy atom. The van der Waals surface area contributed by atoms with Gasteiger partial charge in [-0.3, -0.25) is 0 Å². The third kappa shape index (κ3) is 3.46. The summed E-state index contributed by atoms with van der Waals surface area (Å²) >= 11 is 1.73. The molecule has 1 fully saturated rings. The first kappa shape index (κ1) is 15.0. The fourth-order valence-corrected chi connectivity index (χ4v) is 4.64. The number of hydrogen-bond acceptors (Lipinski definition) is 3. The van der Waals surface area contributed by atoms with Crippen molar-refractivity contribution in [2.45, 2.75) is 58.0 Å². The van der Waals surface area contributed by atoms with Gasteiger partial charge in [0, 0.05) is 6.42 Å². The molecule has 1 aliphatic rings. The number of rotatable bonds is 3. The Kier molecular flexibility index (Phi) is 4.32. The first-order chi connectivity index (χ1) is 10.1. The molecule has 0 radical (unpaired) electrons. The SMILES string of the molecule is CC(C)C1CCCC(O)(Cc2nc3ccccc3s2)CC1. The molecule has 1 aliphatic carbocycles. The lowest BCUT2D eigenvalue weighted by atomic mass is 9.87. The molecule has 0 aliphatic heterocycles. The van der Waals surface area contributed by atoms with Crippen LogP contribution in [0, 0.1) is 11.8 Å². The molecule has 0 spiro atoms. The van der Waals surface area contributed by atoms with Gasteiger partial charge in [-0.2, -0.15) is 0 Å². The molecule has 1 aromatic heterocycles. The largest absolute Gasteiger partial charge is 0.389 e. The number of hydrogen-bond donors (Lipinski definition) is 1. The molecule has 1 saturated carbocycles. The average molecular weight is 303 g/mol. The summed E-state index contributed by atoms with van der Waals surface area (Å²) in [5.74, 6) is 1.50. The molecule has 2 nitrogen and oxygen atoms in total. The highest BCUT2D eigenvalue weighted by Crippen LogP contribution is 2.36. The van der Waals surface area contributed by atoms with Crippen LogP contribution in [0.1, 0.15) is 51.0 Å². The highest BCUT2D eigenvalue weighted by atomic mass is 32.1. The molecule has 1 aromatic carbocycles. The summed E-state index contributed by atoms with van der Waals surface area (Å²) in [5.41, 5.74) is 0.520. The Labute approximate surface area is 131 Å². The van der Waals surface area contributed by atoms with E-state index in [1.165, 1.54) is 11.1 Å². The number of benzene rings is 1. The van der Waals surface area contributed by atoms with Crippen LogP contribution in [0.5, 0.6) is 0 Å². The number of nitrogens with zero attached hydrogens (tertiary/aromatic N) is 1. The molecule has 0 amide bonds. The van der Waals surface area contributed by atoms with Gasteiger partial charge in [0.25, 0.3) is 0 Å². The molecular weight excluding hydrogens is 278 g/mol. The van der Waals surface area contributed by atoms with Crippen LogP contribution in [0.4, 0.5) is 0 Å². The summed E-state index contributed by atoms with van der Waals surface area (Å²) in [6.07, 6.45) is 6.12. The fraction of sp³-hybridized carbons (Fsp3) is 0.611. The van der Waals surface area contributed by atoms with E-state index in [0.29, 0.717) is 0 Å². The molecule has 21 heavy (non-hydrogen) atoms. The van der Waals surface area contributed by atoms with Crippen LogP contribution in [0.25, 0.3) is 10.2 Å². The second-order valence-corrected chi connectivity index (χ2v) is 8.03. The van der Waals surface area contributed by atoms with Crippen molar-refractivity contribution in [3.8, 4) is 0 Å². The van der Waals surface area contributed by atoms with Crippen molar-refractivity contribution in [2.24, 2.45) is 11.8 Å². The zero-order valence-corrected chi connectivity index (χ0v) is 13.8. The van der Waals surface area contributed by atoms with Gasteiger partial charge in [-0.25, -0.2) is 4.98 Å². The van der Waals surface area contributed by atoms with Gasteiger partial charge < -0.3 is 5.11 Å². The highest BCUT2D eigenvalue weighted by molar-refractivity contribution is 7.18. The third-order valence-electron chi connectivity index (χ3n) is 4.96. The molecule has 1 heterocycles. The van der Waals surface area contributed by atoms with E-state index in [9.17, 15) is 5.11 Å². The maximum atomic E-state index is 11.0. The number of fused-ring (bicyclic) bond motifs is 1. The maximum absolute atomic E-state index is 11.0. The van der Waals surface area contributed by atoms with E-state index in [4.69, 9.17) is 4.98 Å². The van der Waals surface area contributed by atoms with E-state index in [0.717, 1.165) is 54.5 Å². The quantitative estimate of drug-likeness (QED) is 0.826. The Balaban J connectivity index is 1.73. The highest BCUT2D eigenvalue weighted by Gasteiger charge is 2.32. The van der Waals surface area contributed by atoms with Crippen LogP contribution in [0.2, 0.25) is 0 Å². The molecule has 0 saturated heterocycles. The first-order valence-electron chi connectivity index (χ1n) is 8.13. The molecule has 0 bridgehead atoms. The zero-order valence-electron chi connectivity index (χ0n) is 13.0. The average Bonchev–Trinajstić information content (AvgIpc) is 2.73. The van der Waals surface area contributed by atoms with Crippen molar-refractivity contribution < 1.29 is 5.11 Å². The van der Waals surface area contributed by atoms with Crippen LogP contribution in [0.15, 0.2) is 24.3 Å². The summed E-state index contributed by atoms with van der Waals surface area (Å²) < 4.78 is 1.23. The predicted octanol–water partition coefficient (Wildman–Crippen LogP) is 4.81. The standard InChI is InChI=1S/C18H25NOS/c1-13(2)14-6-5-10-18(20,11-9-14)12-17-19-15-7-3-4-8-16(15)21-17/h3-4,7-8,13-14,20H,5-6,9-12H2,1-2H3. The second kappa shape index (κ2) is 6.05. The smallest absolute Gasteiger partial charge is 0.0967 e. The van der Waals surface area contributed by atoms with Gasteiger partial charge in [-0.1, -0.05) is 38.8 Å². The zero-order chi connectivity index (χ0) is 14.9. The molecule has 2 aromatic rings. The van der Waals surface area contributed by atoms with E-state index >= 15 is 0 Å².